The van der Waals surface area contributed by atoms with Crippen LogP contribution in [0.4, 0.5) is 5.69 Å². The third-order valence-electron chi connectivity index (χ3n) is 3.08. The normalized spacial score (nSPS) is 11.3. The molecule has 0 radical (unpaired) electrons. The van der Waals surface area contributed by atoms with Gasteiger partial charge < -0.3 is 5.11 Å². The summed E-state index contributed by atoms with van der Waals surface area (Å²) in [6.07, 6.45) is 0. The number of nitrogens with one attached hydrogen (secondary N) is 1. The first-order valence-electron chi connectivity index (χ1n) is 6.19. The Morgan fingerprint density at radius 3 is 2.25 bits per heavy atom. The minimum atomic E-state index is -3.65. The highest BCUT2D eigenvalue weighted by Crippen LogP contribution is 2.24. The van der Waals surface area contributed by atoms with Gasteiger partial charge in [-0.2, -0.15) is 0 Å². The van der Waals surface area contributed by atoms with Crippen LogP contribution in [-0.4, -0.2) is 13.5 Å². The van der Waals surface area contributed by atoms with Crippen molar-refractivity contribution in [3.8, 4) is 5.75 Å². The van der Waals surface area contributed by atoms with Crippen LogP contribution >= 0.6 is 0 Å². The topological polar surface area (TPSA) is 66.4 Å². The van der Waals surface area contributed by atoms with Crippen LogP contribution in [0.2, 0.25) is 0 Å². The van der Waals surface area contributed by atoms with E-state index in [1.807, 2.05) is 13.0 Å². The Balaban J connectivity index is 2.38. The first-order valence-corrected chi connectivity index (χ1v) is 7.67. The average Bonchev–Trinajstić information content (AvgIpc) is 2.33. The molecule has 0 aromatic heterocycles. The Hall–Kier alpha value is -2.01. The van der Waals surface area contributed by atoms with E-state index in [0.717, 1.165) is 5.56 Å². The predicted molar refractivity (Wildman–Crippen MR) is 79.6 cm³/mol. The van der Waals surface area contributed by atoms with E-state index in [1.54, 1.807) is 38.1 Å². The van der Waals surface area contributed by atoms with Crippen molar-refractivity contribution in [3.63, 3.8) is 0 Å². The van der Waals surface area contributed by atoms with Crippen LogP contribution in [-0.2, 0) is 10.0 Å². The van der Waals surface area contributed by atoms with Gasteiger partial charge in [0.2, 0.25) is 0 Å². The Kier molecular flexibility index (Phi) is 3.72. The third-order valence-corrected chi connectivity index (χ3v) is 4.62. The first kappa shape index (κ1) is 14.4. The maximum atomic E-state index is 12.3. The third kappa shape index (κ3) is 2.93. The molecule has 2 aromatic carbocycles. The number of aryl methyl sites for hydroxylation is 3. The van der Waals surface area contributed by atoms with Crippen LogP contribution in [0.15, 0.2) is 41.3 Å². The monoisotopic (exact) mass is 291 g/mol. The predicted octanol–water partition coefficient (Wildman–Crippen LogP) is 3.12. The van der Waals surface area contributed by atoms with Crippen LogP contribution < -0.4 is 4.72 Å². The molecule has 0 aliphatic heterocycles. The van der Waals surface area contributed by atoms with E-state index in [0.29, 0.717) is 16.8 Å². The molecule has 0 bridgehead atoms. The second kappa shape index (κ2) is 5.17. The van der Waals surface area contributed by atoms with Crippen LogP contribution in [0, 0.1) is 20.8 Å². The molecule has 0 unspecified atom stereocenters. The van der Waals surface area contributed by atoms with Gasteiger partial charge in [-0.1, -0.05) is 23.8 Å². The lowest BCUT2D eigenvalue weighted by Crippen LogP contribution is -2.14. The summed E-state index contributed by atoms with van der Waals surface area (Å²) >= 11 is 0. The summed E-state index contributed by atoms with van der Waals surface area (Å²) < 4.78 is 27.1. The van der Waals surface area contributed by atoms with Gasteiger partial charge in [-0.15, -0.1) is 0 Å². The van der Waals surface area contributed by atoms with Gasteiger partial charge in [0.25, 0.3) is 10.0 Å². The summed E-state index contributed by atoms with van der Waals surface area (Å²) in [5.41, 5.74) is 2.73. The Morgan fingerprint density at radius 2 is 1.65 bits per heavy atom. The second-order valence-corrected chi connectivity index (χ2v) is 6.53. The van der Waals surface area contributed by atoms with Crippen molar-refractivity contribution >= 4 is 15.7 Å². The zero-order valence-electron chi connectivity index (χ0n) is 11.6. The number of hydrogen-bond acceptors (Lipinski definition) is 3. The smallest absolute Gasteiger partial charge is 0.262 e. The second-order valence-electron chi connectivity index (χ2n) is 4.88. The minimum Gasteiger partial charge on any atom is -0.508 e. The molecule has 2 aromatic rings. The van der Waals surface area contributed by atoms with Crippen LogP contribution in [0.25, 0.3) is 0 Å². The highest BCUT2D eigenvalue weighted by atomic mass is 32.2. The summed E-state index contributed by atoms with van der Waals surface area (Å²) in [6, 6.07) is 9.85. The quantitative estimate of drug-likeness (QED) is 0.913. The first-order chi connectivity index (χ1) is 9.29. The molecule has 5 heteroatoms. The average molecular weight is 291 g/mol. The van der Waals surface area contributed by atoms with Crippen LogP contribution in [0.1, 0.15) is 16.7 Å². The molecule has 0 saturated heterocycles. The summed E-state index contributed by atoms with van der Waals surface area (Å²) in [5, 5.41) is 9.62. The maximum Gasteiger partial charge on any atom is 0.262 e. The van der Waals surface area contributed by atoms with Crippen molar-refractivity contribution in [3.05, 3.63) is 53.1 Å². The maximum absolute atomic E-state index is 12.3. The molecule has 0 heterocycles. The highest BCUT2D eigenvalue weighted by molar-refractivity contribution is 7.92. The van der Waals surface area contributed by atoms with Gasteiger partial charge >= 0.3 is 0 Å². The number of sulfonamides is 1. The number of aromatic hydroxyl groups is 1. The molecule has 20 heavy (non-hydrogen) atoms. The fourth-order valence-electron chi connectivity index (χ4n) is 1.98. The van der Waals surface area contributed by atoms with Crippen molar-refractivity contribution < 1.29 is 13.5 Å². The molecule has 106 valence electrons. The van der Waals surface area contributed by atoms with E-state index in [9.17, 15) is 13.5 Å². The number of anilines is 1. The molecule has 2 N–H and O–H groups in total. The Bertz CT molecular complexity index is 752. The standard InChI is InChI=1S/C15H17NO3S/c1-10-4-7-15(12(3)8-10)20(18,19)16-13-6-5-11(2)14(17)9-13/h4-9,16-17H,1-3H3. The molecule has 0 fully saturated rings. The zero-order chi connectivity index (χ0) is 14.9. The lowest BCUT2D eigenvalue weighted by molar-refractivity contribution is 0.471. The highest BCUT2D eigenvalue weighted by Gasteiger charge is 2.17. The van der Waals surface area contributed by atoms with Gasteiger partial charge in [0, 0.05) is 6.07 Å². The molecule has 0 amide bonds. The SMILES string of the molecule is Cc1ccc(S(=O)(=O)Nc2ccc(C)c(O)c2)c(C)c1. The number of phenols is 1. The molecule has 0 aliphatic rings. The fourth-order valence-corrected chi connectivity index (χ4v) is 3.26. The van der Waals surface area contributed by atoms with Gasteiger partial charge in [0.05, 0.1) is 10.6 Å². The number of benzene rings is 2. The van der Waals surface area contributed by atoms with Gasteiger partial charge in [0.1, 0.15) is 5.75 Å². The van der Waals surface area contributed by atoms with Gasteiger partial charge in [-0.05, 0) is 44.0 Å². The van der Waals surface area contributed by atoms with Crippen molar-refractivity contribution in [2.45, 2.75) is 25.7 Å². The van der Waals surface area contributed by atoms with E-state index >= 15 is 0 Å². The van der Waals surface area contributed by atoms with E-state index in [2.05, 4.69) is 4.72 Å². The van der Waals surface area contributed by atoms with Gasteiger partial charge in [-0.3, -0.25) is 4.72 Å². The van der Waals surface area contributed by atoms with Crippen molar-refractivity contribution in [1.29, 1.82) is 0 Å². The van der Waals surface area contributed by atoms with Crippen molar-refractivity contribution in [2.75, 3.05) is 4.72 Å². The molecular formula is C15H17NO3S. The summed E-state index contributed by atoms with van der Waals surface area (Å²) in [5.74, 6) is 0.0610. The summed E-state index contributed by atoms with van der Waals surface area (Å²) in [7, 11) is -3.65. The summed E-state index contributed by atoms with van der Waals surface area (Å²) in [6.45, 7) is 5.42. The molecule has 4 nitrogen and oxygen atoms in total. The zero-order valence-corrected chi connectivity index (χ0v) is 12.5. The van der Waals surface area contributed by atoms with Gasteiger partial charge in [-0.25, -0.2) is 8.42 Å². The molecule has 0 aliphatic carbocycles. The molecular weight excluding hydrogens is 274 g/mol. The van der Waals surface area contributed by atoms with Crippen LogP contribution in [0.3, 0.4) is 0 Å². The minimum absolute atomic E-state index is 0.0610. The number of phenolic OH excluding ortho intramolecular Hbond substituents is 1. The van der Waals surface area contributed by atoms with E-state index < -0.39 is 10.0 Å². The van der Waals surface area contributed by atoms with Crippen molar-refractivity contribution in [1.82, 2.24) is 0 Å². The Morgan fingerprint density at radius 1 is 0.950 bits per heavy atom. The number of hydrogen-bond donors (Lipinski definition) is 2. The number of rotatable bonds is 3. The largest absolute Gasteiger partial charge is 0.508 e. The molecule has 0 spiro atoms. The summed E-state index contributed by atoms with van der Waals surface area (Å²) in [4.78, 5) is 0.239. The van der Waals surface area contributed by atoms with Crippen molar-refractivity contribution in [2.24, 2.45) is 0 Å². The lowest BCUT2D eigenvalue weighted by Gasteiger charge is -2.11. The molecule has 0 atom stereocenters. The molecule has 2 rings (SSSR count). The van der Waals surface area contributed by atoms with E-state index in [1.165, 1.54) is 6.07 Å². The Labute approximate surface area is 119 Å². The lowest BCUT2D eigenvalue weighted by atomic mass is 10.2. The fraction of sp³-hybridized carbons (Fsp3) is 0.200. The van der Waals surface area contributed by atoms with Gasteiger partial charge in [0.15, 0.2) is 0 Å². The van der Waals surface area contributed by atoms with E-state index in [-0.39, 0.29) is 10.6 Å². The molecule has 0 saturated carbocycles. The van der Waals surface area contributed by atoms with Crippen LogP contribution in [0.5, 0.6) is 5.75 Å². The van der Waals surface area contributed by atoms with E-state index in [4.69, 9.17) is 0 Å².